The topological polar surface area (TPSA) is 90.0 Å². The summed E-state index contributed by atoms with van der Waals surface area (Å²) >= 11 is 0. The Balaban J connectivity index is 2.09. The Morgan fingerprint density at radius 1 is 1.26 bits per heavy atom. The summed E-state index contributed by atoms with van der Waals surface area (Å²) in [6, 6.07) is 6.51. The molecule has 1 aromatic heterocycles. The Morgan fingerprint density at radius 3 is 2.47 bits per heavy atom. The second-order valence-electron chi connectivity index (χ2n) is 4.19. The van der Waals surface area contributed by atoms with Crippen LogP contribution in [-0.4, -0.2) is 18.2 Å². The third-order valence-corrected chi connectivity index (χ3v) is 4.11. The number of aromatic nitrogens is 2. The summed E-state index contributed by atoms with van der Waals surface area (Å²) in [5, 5.41) is 3.98. The maximum atomic E-state index is 12.0. The molecule has 2 aromatic rings. The maximum absolute atomic E-state index is 12.0. The quantitative estimate of drug-likeness (QED) is 0.827. The lowest BCUT2D eigenvalue weighted by atomic mass is 10.2. The fraction of sp³-hybridized carbons (Fsp3) is 0.250. The smallest absolute Gasteiger partial charge is 0.240 e. The van der Waals surface area contributed by atoms with Crippen LogP contribution >= 0.6 is 0 Å². The van der Waals surface area contributed by atoms with Crippen LogP contribution in [0.3, 0.4) is 0 Å². The number of hydrogen-bond acceptors (Lipinski definition) is 4. The van der Waals surface area contributed by atoms with E-state index in [0.717, 1.165) is 11.1 Å². The highest BCUT2D eigenvalue weighted by Gasteiger charge is 2.13. The van der Waals surface area contributed by atoms with Crippen LogP contribution in [0.5, 0.6) is 0 Å². The molecule has 0 atom stereocenters. The van der Waals surface area contributed by atoms with Crippen LogP contribution in [0.2, 0.25) is 0 Å². The highest BCUT2D eigenvalue weighted by Crippen LogP contribution is 2.11. The molecular formula is C12H16N4O2S. The number of nitrogens with two attached hydrogens (primary N) is 1. The van der Waals surface area contributed by atoms with E-state index in [-0.39, 0.29) is 11.4 Å². The minimum absolute atomic E-state index is 0.217. The van der Waals surface area contributed by atoms with E-state index in [9.17, 15) is 8.42 Å². The molecule has 6 nitrogen and oxygen atoms in total. The van der Waals surface area contributed by atoms with Crippen molar-refractivity contribution in [1.82, 2.24) is 14.5 Å². The van der Waals surface area contributed by atoms with E-state index < -0.39 is 10.0 Å². The molecule has 102 valence electrons. The van der Waals surface area contributed by atoms with E-state index >= 15 is 0 Å². The standard InChI is InChI=1S/C12H16N4O2S/c1-16-9-11(7-14-16)8-15-19(17,18)12-4-2-10(6-13)3-5-12/h2-5,7,9,15H,6,8,13H2,1H3. The van der Waals surface area contributed by atoms with E-state index in [1.54, 1.807) is 48.4 Å². The predicted molar refractivity (Wildman–Crippen MR) is 71.6 cm³/mol. The Hall–Kier alpha value is -1.70. The van der Waals surface area contributed by atoms with Crippen LogP contribution in [0.1, 0.15) is 11.1 Å². The molecule has 0 aliphatic rings. The maximum Gasteiger partial charge on any atom is 0.240 e. The highest BCUT2D eigenvalue weighted by atomic mass is 32.2. The molecule has 0 fully saturated rings. The summed E-state index contributed by atoms with van der Waals surface area (Å²) in [7, 11) is -1.72. The zero-order chi connectivity index (χ0) is 13.9. The van der Waals surface area contributed by atoms with Gasteiger partial charge in [-0.15, -0.1) is 0 Å². The first-order chi connectivity index (χ1) is 9.01. The number of sulfonamides is 1. The van der Waals surface area contributed by atoms with Gasteiger partial charge in [0, 0.05) is 31.9 Å². The van der Waals surface area contributed by atoms with Gasteiger partial charge in [-0.3, -0.25) is 4.68 Å². The van der Waals surface area contributed by atoms with E-state index in [0.29, 0.717) is 6.54 Å². The van der Waals surface area contributed by atoms with Crippen LogP contribution in [-0.2, 0) is 30.2 Å². The summed E-state index contributed by atoms with van der Waals surface area (Å²) in [6.45, 7) is 0.609. The van der Waals surface area contributed by atoms with Gasteiger partial charge in [0.05, 0.1) is 11.1 Å². The van der Waals surface area contributed by atoms with Crippen LogP contribution in [0, 0.1) is 0 Å². The Labute approximate surface area is 112 Å². The van der Waals surface area contributed by atoms with Gasteiger partial charge < -0.3 is 5.73 Å². The SMILES string of the molecule is Cn1cc(CNS(=O)(=O)c2ccc(CN)cc2)cn1. The van der Waals surface area contributed by atoms with Crippen molar-refractivity contribution in [3.63, 3.8) is 0 Å². The fourth-order valence-electron chi connectivity index (χ4n) is 1.63. The second kappa shape index (κ2) is 5.52. The number of nitrogens with one attached hydrogen (secondary N) is 1. The van der Waals surface area contributed by atoms with Gasteiger partial charge in [-0.05, 0) is 17.7 Å². The van der Waals surface area contributed by atoms with Crippen molar-refractivity contribution in [3.8, 4) is 0 Å². The molecule has 1 heterocycles. The summed E-state index contributed by atoms with van der Waals surface area (Å²) in [6.07, 6.45) is 3.39. The average Bonchev–Trinajstić information content (AvgIpc) is 2.82. The van der Waals surface area contributed by atoms with Crippen molar-refractivity contribution < 1.29 is 8.42 Å². The van der Waals surface area contributed by atoms with Gasteiger partial charge in [-0.1, -0.05) is 12.1 Å². The van der Waals surface area contributed by atoms with Crippen LogP contribution in [0.25, 0.3) is 0 Å². The van der Waals surface area contributed by atoms with Crippen molar-refractivity contribution in [1.29, 1.82) is 0 Å². The molecule has 2 rings (SSSR count). The molecule has 0 spiro atoms. The lowest BCUT2D eigenvalue weighted by Gasteiger charge is -2.06. The van der Waals surface area contributed by atoms with Gasteiger partial charge in [-0.25, -0.2) is 13.1 Å². The lowest BCUT2D eigenvalue weighted by Crippen LogP contribution is -2.23. The molecule has 1 aromatic carbocycles. The number of hydrogen-bond donors (Lipinski definition) is 2. The third-order valence-electron chi connectivity index (χ3n) is 2.69. The van der Waals surface area contributed by atoms with Gasteiger partial charge in [-0.2, -0.15) is 5.10 Å². The van der Waals surface area contributed by atoms with Gasteiger partial charge in [0.1, 0.15) is 0 Å². The van der Waals surface area contributed by atoms with Crippen molar-refractivity contribution in [2.45, 2.75) is 18.0 Å². The average molecular weight is 280 g/mol. The highest BCUT2D eigenvalue weighted by molar-refractivity contribution is 7.89. The van der Waals surface area contributed by atoms with E-state index in [4.69, 9.17) is 5.73 Å². The molecule has 3 N–H and O–H groups in total. The molecule has 19 heavy (non-hydrogen) atoms. The molecule has 0 radical (unpaired) electrons. The molecular weight excluding hydrogens is 264 g/mol. The molecule has 0 saturated carbocycles. The molecule has 0 unspecified atom stereocenters. The number of rotatable bonds is 5. The van der Waals surface area contributed by atoms with Gasteiger partial charge in [0.15, 0.2) is 0 Å². The second-order valence-corrected chi connectivity index (χ2v) is 5.96. The minimum Gasteiger partial charge on any atom is -0.326 e. The Morgan fingerprint density at radius 2 is 1.95 bits per heavy atom. The van der Waals surface area contributed by atoms with E-state index in [2.05, 4.69) is 9.82 Å². The first-order valence-corrected chi connectivity index (χ1v) is 7.26. The monoisotopic (exact) mass is 280 g/mol. The molecule has 0 saturated heterocycles. The zero-order valence-corrected chi connectivity index (χ0v) is 11.4. The van der Waals surface area contributed by atoms with Gasteiger partial charge in [0.25, 0.3) is 0 Å². The first-order valence-electron chi connectivity index (χ1n) is 5.77. The van der Waals surface area contributed by atoms with Crippen LogP contribution in [0.4, 0.5) is 0 Å². The van der Waals surface area contributed by atoms with E-state index in [1.165, 1.54) is 0 Å². The summed E-state index contributed by atoms with van der Waals surface area (Å²) in [4.78, 5) is 0.230. The minimum atomic E-state index is -3.50. The first kappa shape index (κ1) is 13.7. The molecule has 0 bridgehead atoms. The number of nitrogens with zero attached hydrogens (tertiary/aromatic N) is 2. The van der Waals surface area contributed by atoms with Gasteiger partial charge in [0.2, 0.25) is 10.0 Å². The Kier molecular flexibility index (Phi) is 3.98. The lowest BCUT2D eigenvalue weighted by molar-refractivity contribution is 0.581. The molecule has 0 amide bonds. The van der Waals surface area contributed by atoms with Crippen LogP contribution in [0.15, 0.2) is 41.6 Å². The summed E-state index contributed by atoms with van der Waals surface area (Å²) in [5.41, 5.74) is 7.18. The van der Waals surface area contributed by atoms with Crippen molar-refractivity contribution in [3.05, 3.63) is 47.8 Å². The van der Waals surface area contributed by atoms with Crippen molar-refractivity contribution in [2.75, 3.05) is 0 Å². The molecule has 0 aliphatic heterocycles. The summed E-state index contributed by atoms with van der Waals surface area (Å²) in [5.74, 6) is 0. The Bertz CT molecular complexity index is 647. The number of benzene rings is 1. The van der Waals surface area contributed by atoms with Crippen molar-refractivity contribution >= 4 is 10.0 Å². The van der Waals surface area contributed by atoms with Crippen molar-refractivity contribution in [2.24, 2.45) is 12.8 Å². The molecule has 0 aliphatic carbocycles. The molecule has 7 heteroatoms. The summed E-state index contributed by atoms with van der Waals surface area (Å²) < 4.78 is 28.2. The number of aryl methyl sites for hydroxylation is 1. The predicted octanol–water partition coefficient (Wildman–Crippen LogP) is 0.357. The fourth-order valence-corrected chi connectivity index (χ4v) is 2.65. The van der Waals surface area contributed by atoms with E-state index in [1.807, 2.05) is 0 Å². The third kappa shape index (κ3) is 3.40. The zero-order valence-electron chi connectivity index (χ0n) is 10.6. The normalized spacial score (nSPS) is 11.7. The largest absolute Gasteiger partial charge is 0.326 e. The van der Waals surface area contributed by atoms with Crippen LogP contribution < -0.4 is 10.5 Å². The van der Waals surface area contributed by atoms with Gasteiger partial charge >= 0.3 is 0 Å².